The lowest BCUT2D eigenvalue weighted by atomic mass is 10.0. The van der Waals surface area contributed by atoms with Crippen LogP contribution in [-0.2, 0) is 13.0 Å². The van der Waals surface area contributed by atoms with E-state index in [0.29, 0.717) is 17.7 Å². The van der Waals surface area contributed by atoms with Crippen LogP contribution in [0.5, 0.6) is 5.75 Å². The molecule has 0 unspecified atom stereocenters. The first-order chi connectivity index (χ1) is 15.6. The topological polar surface area (TPSA) is 12.5 Å². The van der Waals surface area contributed by atoms with Gasteiger partial charge < -0.3 is 9.64 Å². The Hall–Kier alpha value is -3.16. The fourth-order valence-corrected chi connectivity index (χ4v) is 3.53. The highest BCUT2D eigenvalue weighted by atomic mass is 19.4. The molecule has 3 rings (SSSR count). The molecule has 0 heterocycles. The Balaban J connectivity index is 1.81. The van der Waals surface area contributed by atoms with Crippen LogP contribution in [0.2, 0.25) is 0 Å². The van der Waals surface area contributed by atoms with Crippen molar-refractivity contribution < 1.29 is 31.1 Å². The largest absolute Gasteiger partial charge is 0.573 e. The minimum absolute atomic E-state index is 0.0959. The van der Waals surface area contributed by atoms with Crippen LogP contribution in [0.15, 0.2) is 78.9 Å². The maximum atomic E-state index is 12.7. The predicted molar refractivity (Wildman–Crippen MR) is 115 cm³/mol. The van der Waals surface area contributed by atoms with Gasteiger partial charge in [0.25, 0.3) is 0 Å². The third kappa shape index (κ3) is 8.71. The number of halogens is 6. The van der Waals surface area contributed by atoms with Gasteiger partial charge in [0.2, 0.25) is 0 Å². The van der Waals surface area contributed by atoms with Gasteiger partial charge in [-0.15, -0.1) is 13.2 Å². The van der Waals surface area contributed by atoms with E-state index in [9.17, 15) is 26.3 Å². The summed E-state index contributed by atoms with van der Waals surface area (Å²) >= 11 is 0. The fourth-order valence-electron chi connectivity index (χ4n) is 3.53. The molecule has 8 heteroatoms. The fraction of sp³-hybridized carbons (Fsp3) is 0.280. The number of hydrogen-bond acceptors (Lipinski definition) is 2. The zero-order chi connectivity index (χ0) is 23.9. The number of benzene rings is 3. The molecule has 0 aromatic heterocycles. The number of ether oxygens (including phenoxy) is 1. The molecule has 0 saturated heterocycles. The number of anilines is 1. The smallest absolute Gasteiger partial charge is 0.406 e. The van der Waals surface area contributed by atoms with E-state index in [4.69, 9.17) is 0 Å². The summed E-state index contributed by atoms with van der Waals surface area (Å²) in [6.45, 7) is 0.236. The van der Waals surface area contributed by atoms with E-state index in [2.05, 4.69) is 4.74 Å². The highest BCUT2D eigenvalue weighted by Gasteiger charge is 2.31. The Bertz CT molecular complexity index is 1020. The maximum Gasteiger partial charge on any atom is 0.573 e. The number of rotatable bonds is 9. The molecular formula is C25H23F6NO. The van der Waals surface area contributed by atoms with Gasteiger partial charge in [-0.3, -0.25) is 0 Å². The van der Waals surface area contributed by atoms with Gasteiger partial charge in [-0.1, -0.05) is 54.6 Å². The molecule has 3 aromatic rings. The lowest BCUT2D eigenvalue weighted by molar-refractivity contribution is -0.274. The molecule has 0 saturated carbocycles. The quantitative estimate of drug-likeness (QED) is 0.302. The van der Waals surface area contributed by atoms with Crippen molar-refractivity contribution in [3.8, 4) is 5.75 Å². The van der Waals surface area contributed by atoms with E-state index in [0.717, 1.165) is 11.1 Å². The van der Waals surface area contributed by atoms with Crippen molar-refractivity contribution in [1.29, 1.82) is 0 Å². The average Bonchev–Trinajstić information content (AvgIpc) is 2.72. The van der Waals surface area contributed by atoms with Crippen LogP contribution in [0.4, 0.5) is 32.0 Å². The molecule has 0 bridgehead atoms. The minimum atomic E-state index is -4.82. The molecule has 0 radical (unpaired) electrons. The van der Waals surface area contributed by atoms with Crippen molar-refractivity contribution >= 4 is 5.69 Å². The summed E-state index contributed by atoms with van der Waals surface area (Å²) in [6, 6.07) is 22.7. The van der Waals surface area contributed by atoms with Gasteiger partial charge in [0.1, 0.15) is 5.75 Å². The van der Waals surface area contributed by atoms with Crippen LogP contribution in [0.25, 0.3) is 0 Å². The Morgan fingerprint density at radius 1 is 0.697 bits per heavy atom. The van der Waals surface area contributed by atoms with Crippen LogP contribution in [0.3, 0.4) is 0 Å². The van der Waals surface area contributed by atoms with E-state index in [-0.39, 0.29) is 25.3 Å². The Labute approximate surface area is 188 Å². The van der Waals surface area contributed by atoms with E-state index in [1.54, 1.807) is 17.0 Å². The molecule has 2 nitrogen and oxygen atoms in total. The van der Waals surface area contributed by atoms with Crippen LogP contribution < -0.4 is 9.64 Å². The zero-order valence-corrected chi connectivity index (χ0v) is 17.7. The molecule has 0 N–H and O–H groups in total. The van der Waals surface area contributed by atoms with Crippen LogP contribution >= 0.6 is 0 Å². The SMILES string of the molecule is FC(F)(F)CCCN(Cc1cccc(OC(F)(F)F)c1)c1cccc(Cc2ccccc2)c1. The van der Waals surface area contributed by atoms with Crippen molar-refractivity contribution in [2.45, 2.75) is 38.3 Å². The molecular weight excluding hydrogens is 444 g/mol. The van der Waals surface area contributed by atoms with Gasteiger partial charge in [0, 0.05) is 25.2 Å². The first-order valence-corrected chi connectivity index (χ1v) is 10.4. The zero-order valence-electron chi connectivity index (χ0n) is 17.7. The van der Waals surface area contributed by atoms with Crippen LogP contribution in [-0.4, -0.2) is 19.1 Å². The molecule has 0 atom stereocenters. The number of alkyl halides is 6. The summed E-state index contributed by atoms with van der Waals surface area (Å²) in [4.78, 5) is 1.74. The highest BCUT2D eigenvalue weighted by molar-refractivity contribution is 5.50. The summed E-state index contributed by atoms with van der Waals surface area (Å²) < 4.78 is 79.8. The van der Waals surface area contributed by atoms with Gasteiger partial charge in [-0.05, 0) is 53.8 Å². The molecule has 0 aliphatic heterocycles. The second-order valence-corrected chi connectivity index (χ2v) is 7.67. The van der Waals surface area contributed by atoms with Crippen molar-refractivity contribution in [3.63, 3.8) is 0 Å². The van der Waals surface area contributed by atoms with Gasteiger partial charge >= 0.3 is 12.5 Å². The first-order valence-electron chi connectivity index (χ1n) is 10.4. The van der Waals surface area contributed by atoms with Crippen molar-refractivity contribution in [2.24, 2.45) is 0 Å². The monoisotopic (exact) mass is 467 g/mol. The van der Waals surface area contributed by atoms with E-state index in [1.807, 2.05) is 48.5 Å². The molecule has 0 aliphatic carbocycles. The highest BCUT2D eigenvalue weighted by Crippen LogP contribution is 2.27. The maximum absolute atomic E-state index is 12.7. The number of nitrogens with zero attached hydrogens (tertiary/aromatic N) is 1. The lowest BCUT2D eigenvalue weighted by Gasteiger charge is -2.26. The van der Waals surface area contributed by atoms with Crippen molar-refractivity contribution in [3.05, 3.63) is 95.6 Å². The standard InChI is InChI=1S/C25H23F6NO/c26-24(27,28)13-6-14-32(18-21-10-5-12-23(17-21)33-25(29,30)31)22-11-4-9-20(16-22)15-19-7-2-1-3-8-19/h1-5,7-12,16-17H,6,13-15,18H2. The second kappa shape index (κ2) is 10.6. The average molecular weight is 467 g/mol. The second-order valence-electron chi connectivity index (χ2n) is 7.67. The van der Waals surface area contributed by atoms with Gasteiger partial charge in [0.15, 0.2) is 0 Å². The third-order valence-corrected chi connectivity index (χ3v) is 4.92. The van der Waals surface area contributed by atoms with Gasteiger partial charge in [0.05, 0.1) is 0 Å². The molecule has 0 aliphatic rings. The van der Waals surface area contributed by atoms with E-state index in [1.165, 1.54) is 18.2 Å². The Morgan fingerprint density at radius 3 is 2.06 bits per heavy atom. The van der Waals surface area contributed by atoms with Crippen molar-refractivity contribution in [2.75, 3.05) is 11.4 Å². The molecule has 0 fully saturated rings. The molecule has 176 valence electrons. The first kappa shape index (κ1) is 24.5. The summed E-state index contributed by atoms with van der Waals surface area (Å²) in [6.07, 6.45) is -9.52. The molecule has 0 spiro atoms. The summed E-state index contributed by atoms with van der Waals surface area (Å²) in [5.74, 6) is -0.368. The molecule has 33 heavy (non-hydrogen) atoms. The molecule has 0 amide bonds. The van der Waals surface area contributed by atoms with Crippen LogP contribution in [0, 0.1) is 0 Å². The molecule has 3 aromatic carbocycles. The lowest BCUT2D eigenvalue weighted by Crippen LogP contribution is -2.25. The third-order valence-electron chi connectivity index (χ3n) is 4.92. The summed E-state index contributed by atoms with van der Waals surface area (Å²) in [7, 11) is 0. The van der Waals surface area contributed by atoms with E-state index >= 15 is 0 Å². The Kier molecular flexibility index (Phi) is 7.89. The van der Waals surface area contributed by atoms with Crippen molar-refractivity contribution in [1.82, 2.24) is 0 Å². The normalized spacial score (nSPS) is 11.9. The van der Waals surface area contributed by atoms with Gasteiger partial charge in [-0.2, -0.15) is 13.2 Å². The number of hydrogen-bond donors (Lipinski definition) is 0. The summed E-state index contributed by atoms with van der Waals surface area (Å²) in [5.41, 5.74) is 3.27. The summed E-state index contributed by atoms with van der Waals surface area (Å²) in [5, 5.41) is 0. The Morgan fingerprint density at radius 2 is 1.36 bits per heavy atom. The minimum Gasteiger partial charge on any atom is -0.406 e. The van der Waals surface area contributed by atoms with E-state index < -0.39 is 19.0 Å². The predicted octanol–water partition coefficient (Wildman–Crippen LogP) is 7.53. The van der Waals surface area contributed by atoms with Gasteiger partial charge in [-0.25, -0.2) is 0 Å². The van der Waals surface area contributed by atoms with Crippen LogP contribution in [0.1, 0.15) is 29.5 Å².